The van der Waals surface area contributed by atoms with Gasteiger partial charge in [0.15, 0.2) is 0 Å². The third-order valence-electron chi connectivity index (χ3n) is 3.14. The number of carbonyl (C=O) groups is 1. The number of pyridine rings is 2. The average Bonchev–Trinajstić information content (AvgIpc) is 2.50. The number of hydrogen-bond donors (Lipinski definition) is 1. The zero-order valence-corrected chi connectivity index (χ0v) is 13.5. The molecule has 0 aliphatic heterocycles. The molecule has 0 aliphatic rings. The number of rotatable bonds is 7. The van der Waals surface area contributed by atoms with Crippen molar-refractivity contribution in [1.29, 1.82) is 0 Å². The molecule has 0 spiro atoms. The summed E-state index contributed by atoms with van der Waals surface area (Å²) in [5, 5.41) is 3.38. The minimum Gasteiger partial charge on any atom is -0.469 e. The quantitative estimate of drug-likeness (QED) is 0.610. The van der Waals surface area contributed by atoms with Gasteiger partial charge < -0.3 is 10.1 Å². The van der Waals surface area contributed by atoms with Crippen LogP contribution in [0.3, 0.4) is 0 Å². The van der Waals surface area contributed by atoms with E-state index >= 15 is 0 Å². The first kappa shape index (κ1) is 15.7. The van der Waals surface area contributed by atoms with E-state index in [9.17, 15) is 4.79 Å². The molecule has 0 amide bonds. The lowest BCUT2D eigenvalue weighted by Gasteiger charge is -2.08. The molecule has 2 aromatic rings. The Balaban J connectivity index is 1.82. The van der Waals surface area contributed by atoms with Gasteiger partial charge in [-0.25, -0.2) is 0 Å². The van der Waals surface area contributed by atoms with Crippen LogP contribution in [0.25, 0.3) is 11.0 Å². The molecule has 2 aromatic heterocycles. The van der Waals surface area contributed by atoms with Gasteiger partial charge in [0.2, 0.25) is 0 Å². The number of hydrogen-bond acceptors (Lipinski definition) is 5. The Morgan fingerprint density at radius 1 is 1.33 bits per heavy atom. The van der Waals surface area contributed by atoms with E-state index < -0.39 is 0 Å². The molecule has 5 nitrogen and oxygen atoms in total. The van der Waals surface area contributed by atoms with E-state index in [-0.39, 0.29) is 5.97 Å². The van der Waals surface area contributed by atoms with Crippen molar-refractivity contribution in [3.05, 3.63) is 29.0 Å². The van der Waals surface area contributed by atoms with Crippen LogP contribution in [-0.2, 0) is 9.53 Å². The molecule has 21 heavy (non-hydrogen) atoms. The molecule has 0 aromatic carbocycles. The fraction of sp³-hybridized carbons (Fsp3) is 0.400. The number of unbranched alkanes of at least 4 members (excludes halogenated alkanes) is 2. The lowest BCUT2D eigenvalue weighted by atomic mass is 10.2. The van der Waals surface area contributed by atoms with Crippen molar-refractivity contribution in [1.82, 2.24) is 9.97 Å². The Morgan fingerprint density at radius 2 is 2.19 bits per heavy atom. The van der Waals surface area contributed by atoms with Crippen LogP contribution >= 0.6 is 15.9 Å². The number of nitrogens with zero attached hydrogens (tertiary/aromatic N) is 2. The van der Waals surface area contributed by atoms with Gasteiger partial charge in [0.05, 0.1) is 18.3 Å². The van der Waals surface area contributed by atoms with Crippen molar-refractivity contribution >= 4 is 38.6 Å². The zero-order valence-electron chi connectivity index (χ0n) is 11.9. The maximum Gasteiger partial charge on any atom is 0.305 e. The number of halogens is 1. The van der Waals surface area contributed by atoms with Gasteiger partial charge in [-0.15, -0.1) is 0 Å². The molecule has 2 heterocycles. The van der Waals surface area contributed by atoms with Crippen molar-refractivity contribution < 1.29 is 9.53 Å². The molecule has 1 N–H and O–H groups in total. The van der Waals surface area contributed by atoms with Crippen LogP contribution in [0.4, 0.5) is 5.69 Å². The van der Waals surface area contributed by atoms with Crippen molar-refractivity contribution in [3.8, 4) is 0 Å². The fourth-order valence-corrected chi connectivity index (χ4v) is 2.36. The summed E-state index contributed by atoms with van der Waals surface area (Å²) >= 11 is 3.39. The molecule has 0 fully saturated rings. The van der Waals surface area contributed by atoms with Gasteiger partial charge in [-0.05, 0) is 40.9 Å². The van der Waals surface area contributed by atoms with Crippen LogP contribution < -0.4 is 5.32 Å². The highest BCUT2D eigenvalue weighted by atomic mass is 79.9. The molecular weight excluding hydrogens is 334 g/mol. The van der Waals surface area contributed by atoms with E-state index in [0.717, 1.165) is 47.0 Å². The Bertz CT molecular complexity index is 619. The Morgan fingerprint density at radius 3 is 3.00 bits per heavy atom. The first-order valence-electron chi connectivity index (χ1n) is 6.91. The monoisotopic (exact) mass is 351 g/mol. The molecule has 0 radical (unpaired) electrons. The predicted molar refractivity (Wildman–Crippen MR) is 86.2 cm³/mol. The van der Waals surface area contributed by atoms with Gasteiger partial charge in [-0.3, -0.25) is 14.8 Å². The summed E-state index contributed by atoms with van der Waals surface area (Å²) in [4.78, 5) is 19.7. The standard InChI is InChI=1S/C15H18BrN3O2/c1-21-14(20)5-3-2-4-7-17-12-6-8-18-13-9-11(16)10-19-15(12)13/h6,8-10H,2-5,7H2,1H3,(H,17,18). The summed E-state index contributed by atoms with van der Waals surface area (Å²) in [5.41, 5.74) is 2.72. The predicted octanol–water partition coefficient (Wildman–Crippen LogP) is 3.54. The second-order valence-corrected chi connectivity index (χ2v) is 5.61. The van der Waals surface area contributed by atoms with Crippen LogP contribution in [0.15, 0.2) is 29.0 Å². The Kier molecular flexibility index (Phi) is 5.92. The minimum atomic E-state index is -0.141. The number of fused-ring (bicyclic) bond motifs is 1. The van der Waals surface area contributed by atoms with E-state index in [4.69, 9.17) is 0 Å². The summed E-state index contributed by atoms with van der Waals surface area (Å²) in [6, 6.07) is 3.88. The average molecular weight is 352 g/mol. The van der Waals surface area contributed by atoms with E-state index in [2.05, 4.69) is 36.0 Å². The number of ether oxygens (including phenoxy) is 1. The van der Waals surface area contributed by atoms with Gasteiger partial charge >= 0.3 is 5.97 Å². The van der Waals surface area contributed by atoms with Gasteiger partial charge in [0.25, 0.3) is 0 Å². The number of anilines is 1. The Labute approximate surface area is 132 Å². The molecule has 0 bridgehead atoms. The third-order valence-corrected chi connectivity index (χ3v) is 3.58. The molecule has 0 unspecified atom stereocenters. The molecule has 0 atom stereocenters. The number of methoxy groups -OCH3 is 1. The minimum absolute atomic E-state index is 0.141. The van der Waals surface area contributed by atoms with Crippen LogP contribution in [0.1, 0.15) is 25.7 Å². The van der Waals surface area contributed by atoms with Crippen LogP contribution in [-0.4, -0.2) is 29.6 Å². The third kappa shape index (κ3) is 4.67. The molecular formula is C15H18BrN3O2. The van der Waals surface area contributed by atoms with Crippen molar-refractivity contribution in [2.45, 2.75) is 25.7 Å². The largest absolute Gasteiger partial charge is 0.469 e. The van der Waals surface area contributed by atoms with E-state index in [1.54, 1.807) is 12.4 Å². The molecule has 112 valence electrons. The molecule has 0 aliphatic carbocycles. The normalized spacial score (nSPS) is 10.6. The smallest absolute Gasteiger partial charge is 0.305 e. The number of carbonyl (C=O) groups excluding carboxylic acids is 1. The SMILES string of the molecule is COC(=O)CCCCCNc1ccnc2cc(Br)cnc12. The molecule has 2 rings (SSSR count). The highest BCUT2D eigenvalue weighted by molar-refractivity contribution is 9.10. The van der Waals surface area contributed by atoms with Crippen molar-refractivity contribution in [2.75, 3.05) is 19.0 Å². The summed E-state index contributed by atoms with van der Waals surface area (Å²) in [5.74, 6) is -0.141. The zero-order chi connectivity index (χ0) is 15.1. The lowest BCUT2D eigenvalue weighted by molar-refractivity contribution is -0.140. The number of nitrogens with one attached hydrogen (secondary N) is 1. The first-order chi connectivity index (χ1) is 10.2. The van der Waals surface area contributed by atoms with Crippen LogP contribution in [0.2, 0.25) is 0 Å². The molecule has 6 heteroatoms. The Hall–Kier alpha value is -1.69. The van der Waals surface area contributed by atoms with Gasteiger partial charge in [0, 0.05) is 29.8 Å². The van der Waals surface area contributed by atoms with E-state index in [0.29, 0.717) is 6.42 Å². The van der Waals surface area contributed by atoms with Crippen molar-refractivity contribution in [3.63, 3.8) is 0 Å². The van der Waals surface area contributed by atoms with Crippen LogP contribution in [0.5, 0.6) is 0 Å². The van der Waals surface area contributed by atoms with Gasteiger partial charge in [-0.1, -0.05) is 6.42 Å². The molecule has 0 saturated carbocycles. The summed E-state index contributed by atoms with van der Waals surface area (Å²) in [7, 11) is 1.42. The highest BCUT2D eigenvalue weighted by Gasteiger charge is 2.04. The number of esters is 1. The van der Waals surface area contributed by atoms with Gasteiger partial charge in [-0.2, -0.15) is 0 Å². The first-order valence-corrected chi connectivity index (χ1v) is 7.71. The maximum absolute atomic E-state index is 11.0. The summed E-state index contributed by atoms with van der Waals surface area (Å²) in [6.07, 6.45) is 6.88. The van der Waals surface area contributed by atoms with Crippen molar-refractivity contribution in [2.24, 2.45) is 0 Å². The van der Waals surface area contributed by atoms with Crippen LogP contribution in [0, 0.1) is 0 Å². The maximum atomic E-state index is 11.0. The topological polar surface area (TPSA) is 64.1 Å². The lowest BCUT2D eigenvalue weighted by Crippen LogP contribution is -2.04. The summed E-state index contributed by atoms with van der Waals surface area (Å²) < 4.78 is 5.53. The second kappa shape index (κ2) is 7.93. The van der Waals surface area contributed by atoms with Gasteiger partial charge in [0.1, 0.15) is 5.52 Å². The fourth-order valence-electron chi connectivity index (χ4n) is 2.04. The van der Waals surface area contributed by atoms with E-state index in [1.165, 1.54) is 7.11 Å². The second-order valence-electron chi connectivity index (χ2n) is 4.69. The van der Waals surface area contributed by atoms with E-state index in [1.807, 2.05) is 12.1 Å². The highest BCUT2D eigenvalue weighted by Crippen LogP contribution is 2.22. The summed E-state index contributed by atoms with van der Waals surface area (Å²) in [6.45, 7) is 0.845. The number of aromatic nitrogens is 2. The molecule has 0 saturated heterocycles.